The molecule has 1 amide bonds. The zero-order chi connectivity index (χ0) is 15.3. The molecule has 114 valence electrons. The predicted molar refractivity (Wildman–Crippen MR) is 79.8 cm³/mol. The molecule has 0 saturated carbocycles. The lowest BCUT2D eigenvalue weighted by atomic mass is 9.77. The van der Waals surface area contributed by atoms with E-state index in [9.17, 15) is 14.7 Å². The van der Waals surface area contributed by atoms with Crippen LogP contribution in [-0.4, -0.2) is 30.1 Å². The molecule has 21 heavy (non-hydrogen) atoms. The maximum Gasteiger partial charge on any atom is 0.330 e. The second-order valence-corrected chi connectivity index (χ2v) is 5.57. The van der Waals surface area contributed by atoms with Crippen molar-refractivity contribution in [2.45, 2.75) is 32.2 Å². The maximum atomic E-state index is 12.6. The van der Waals surface area contributed by atoms with Gasteiger partial charge in [0.15, 0.2) is 6.04 Å². The summed E-state index contributed by atoms with van der Waals surface area (Å²) >= 11 is 0. The van der Waals surface area contributed by atoms with Gasteiger partial charge in [0.25, 0.3) is 0 Å². The lowest BCUT2D eigenvalue weighted by molar-refractivity contribution is -0.144. The van der Waals surface area contributed by atoms with E-state index in [2.05, 4.69) is 10.6 Å². The second kappa shape index (κ2) is 6.72. The van der Waals surface area contributed by atoms with Gasteiger partial charge in [-0.25, -0.2) is 4.79 Å². The summed E-state index contributed by atoms with van der Waals surface area (Å²) in [5.41, 5.74) is 0.0918. The molecule has 0 spiro atoms. The first-order valence-electron chi connectivity index (χ1n) is 7.38. The summed E-state index contributed by atoms with van der Waals surface area (Å²) in [6.45, 7) is 3.50. The third-order valence-corrected chi connectivity index (χ3v) is 4.29. The topological polar surface area (TPSA) is 78.4 Å². The average Bonchev–Trinajstić information content (AvgIpc) is 2.53. The highest BCUT2D eigenvalue weighted by atomic mass is 16.4. The number of carbonyl (C=O) groups is 2. The van der Waals surface area contributed by atoms with Crippen molar-refractivity contribution < 1.29 is 14.7 Å². The molecule has 1 aromatic carbocycles. The highest BCUT2D eigenvalue weighted by Gasteiger charge is 2.39. The Bertz CT molecular complexity index is 496. The van der Waals surface area contributed by atoms with E-state index in [4.69, 9.17) is 0 Å². The van der Waals surface area contributed by atoms with Crippen LogP contribution in [0.2, 0.25) is 0 Å². The van der Waals surface area contributed by atoms with Crippen LogP contribution < -0.4 is 10.6 Å². The molecule has 2 atom stereocenters. The molecule has 0 aromatic heterocycles. The van der Waals surface area contributed by atoms with Gasteiger partial charge in [0.05, 0.1) is 5.41 Å². The molecule has 1 aromatic rings. The molecule has 2 rings (SSSR count). The number of aliphatic carboxylic acids is 1. The fraction of sp³-hybridized carbons (Fsp3) is 0.500. The van der Waals surface area contributed by atoms with Crippen LogP contribution >= 0.6 is 0 Å². The van der Waals surface area contributed by atoms with Crippen molar-refractivity contribution >= 4 is 11.9 Å². The molecule has 3 N–H and O–H groups in total. The van der Waals surface area contributed by atoms with Crippen molar-refractivity contribution in [3.05, 3.63) is 35.9 Å². The fourth-order valence-electron chi connectivity index (χ4n) is 2.84. The summed E-state index contributed by atoms with van der Waals surface area (Å²) in [7, 11) is 0. The van der Waals surface area contributed by atoms with Crippen molar-refractivity contribution in [1.82, 2.24) is 10.6 Å². The Morgan fingerprint density at radius 3 is 2.62 bits per heavy atom. The van der Waals surface area contributed by atoms with Crippen LogP contribution in [0.15, 0.2) is 30.3 Å². The number of piperidine rings is 1. The summed E-state index contributed by atoms with van der Waals surface area (Å²) in [5.74, 6) is -1.21. The smallest absolute Gasteiger partial charge is 0.330 e. The number of nitrogens with one attached hydrogen (secondary N) is 2. The maximum absolute atomic E-state index is 12.6. The van der Waals surface area contributed by atoms with Crippen LogP contribution in [0.5, 0.6) is 0 Å². The van der Waals surface area contributed by atoms with E-state index < -0.39 is 17.4 Å². The summed E-state index contributed by atoms with van der Waals surface area (Å²) in [4.78, 5) is 24.1. The Hall–Kier alpha value is -1.88. The molecule has 5 heteroatoms. The standard InChI is InChI=1S/C16H22N2O3/c1-2-16(9-6-10-17-11-16)15(21)18-13(14(19)20)12-7-4-3-5-8-12/h3-5,7-8,13,17H,2,6,9-11H2,1H3,(H,18,21)(H,19,20)/t13-,16?/m1/s1. The van der Waals surface area contributed by atoms with Gasteiger partial charge in [-0.05, 0) is 31.4 Å². The third kappa shape index (κ3) is 3.42. The Balaban J connectivity index is 2.16. The van der Waals surface area contributed by atoms with Crippen LogP contribution in [-0.2, 0) is 9.59 Å². The lowest BCUT2D eigenvalue weighted by Crippen LogP contribution is -2.51. The van der Waals surface area contributed by atoms with Crippen molar-refractivity contribution in [3.8, 4) is 0 Å². The quantitative estimate of drug-likeness (QED) is 0.771. The monoisotopic (exact) mass is 290 g/mol. The zero-order valence-electron chi connectivity index (χ0n) is 12.3. The van der Waals surface area contributed by atoms with E-state index in [1.807, 2.05) is 13.0 Å². The summed E-state index contributed by atoms with van der Waals surface area (Å²) in [5, 5.41) is 15.4. The Kier molecular flexibility index (Phi) is 4.96. The van der Waals surface area contributed by atoms with E-state index >= 15 is 0 Å². The van der Waals surface area contributed by atoms with Crippen molar-refractivity contribution in [2.75, 3.05) is 13.1 Å². The first-order chi connectivity index (χ1) is 10.1. The van der Waals surface area contributed by atoms with Gasteiger partial charge in [-0.3, -0.25) is 4.79 Å². The van der Waals surface area contributed by atoms with Crippen LogP contribution in [0.3, 0.4) is 0 Å². The summed E-state index contributed by atoms with van der Waals surface area (Å²) < 4.78 is 0. The average molecular weight is 290 g/mol. The molecular weight excluding hydrogens is 268 g/mol. The molecule has 0 bridgehead atoms. The zero-order valence-corrected chi connectivity index (χ0v) is 12.3. The molecule has 1 aliphatic heterocycles. The summed E-state index contributed by atoms with van der Waals surface area (Å²) in [6, 6.07) is 7.81. The first-order valence-corrected chi connectivity index (χ1v) is 7.38. The molecule has 5 nitrogen and oxygen atoms in total. The lowest BCUT2D eigenvalue weighted by Gasteiger charge is -2.36. The highest BCUT2D eigenvalue weighted by molar-refractivity contribution is 5.88. The normalized spacial score (nSPS) is 23.3. The van der Waals surface area contributed by atoms with Gasteiger partial charge in [-0.1, -0.05) is 37.3 Å². The Morgan fingerprint density at radius 2 is 2.10 bits per heavy atom. The molecule has 0 radical (unpaired) electrons. The van der Waals surface area contributed by atoms with Gasteiger partial charge in [-0.15, -0.1) is 0 Å². The van der Waals surface area contributed by atoms with E-state index in [-0.39, 0.29) is 5.91 Å². The Morgan fingerprint density at radius 1 is 1.38 bits per heavy atom. The van der Waals surface area contributed by atoms with Gasteiger partial charge >= 0.3 is 5.97 Å². The minimum absolute atomic E-state index is 0.173. The number of rotatable bonds is 5. The van der Waals surface area contributed by atoms with Gasteiger partial charge in [0.1, 0.15) is 0 Å². The number of hydrogen-bond acceptors (Lipinski definition) is 3. The Labute approximate surface area is 124 Å². The van der Waals surface area contributed by atoms with E-state index in [0.29, 0.717) is 18.5 Å². The largest absolute Gasteiger partial charge is 0.479 e. The van der Waals surface area contributed by atoms with E-state index in [0.717, 1.165) is 19.4 Å². The number of amides is 1. The van der Waals surface area contributed by atoms with E-state index in [1.54, 1.807) is 24.3 Å². The third-order valence-electron chi connectivity index (χ3n) is 4.29. The van der Waals surface area contributed by atoms with Gasteiger partial charge in [0, 0.05) is 6.54 Å². The molecule has 1 heterocycles. The van der Waals surface area contributed by atoms with Gasteiger partial charge in [0.2, 0.25) is 5.91 Å². The van der Waals surface area contributed by atoms with Crippen molar-refractivity contribution in [1.29, 1.82) is 0 Å². The molecule has 1 aliphatic rings. The molecule has 0 aliphatic carbocycles. The van der Waals surface area contributed by atoms with E-state index in [1.165, 1.54) is 0 Å². The molecule has 1 unspecified atom stereocenters. The fourth-order valence-corrected chi connectivity index (χ4v) is 2.84. The van der Waals surface area contributed by atoms with Crippen LogP contribution in [0.25, 0.3) is 0 Å². The number of carboxylic acid groups (broad SMARTS) is 1. The van der Waals surface area contributed by atoms with Gasteiger partial charge < -0.3 is 15.7 Å². The van der Waals surface area contributed by atoms with Crippen LogP contribution in [0.1, 0.15) is 37.8 Å². The molecule has 1 fully saturated rings. The SMILES string of the molecule is CCC1(C(=O)N[C@@H](C(=O)O)c2ccccc2)CCCNC1. The predicted octanol–water partition coefficient (Wildman–Crippen LogP) is 1.71. The first kappa shape index (κ1) is 15.5. The van der Waals surface area contributed by atoms with Crippen molar-refractivity contribution in [3.63, 3.8) is 0 Å². The number of carbonyl (C=O) groups excluding carboxylic acids is 1. The minimum Gasteiger partial charge on any atom is -0.479 e. The van der Waals surface area contributed by atoms with Gasteiger partial charge in [-0.2, -0.15) is 0 Å². The summed E-state index contributed by atoms with van der Waals surface area (Å²) in [6.07, 6.45) is 2.43. The highest BCUT2D eigenvalue weighted by Crippen LogP contribution is 2.31. The number of benzene rings is 1. The number of hydrogen-bond donors (Lipinski definition) is 3. The van der Waals surface area contributed by atoms with Crippen molar-refractivity contribution in [2.24, 2.45) is 5.41 Å². The van der Waals surface area contributed by atoms with Crippen LogP contribution in [0.4, 0.5) is 0 Å². The second-order valence-electron chi connectivity index (χ2n) is 5.57. The van der Waals surface area contributed by atoms with Crippen LogP contribution in [0, 0.1) is 5.41 Å². The molecular formula is C16H22N2O3. The molecule has 1 saturated heterocycles. The number of carboxylic acids is 1. The minimum atomic E-state index is -1.04.